The molecule has 0 fully saturated rings. The van der Waals surface area contributed by atoms with Gasteiger partial charge in [-0.15, -0.1) is 0 Å². The molecule has 0 aliphatic heterocycles. The minimum atomic E-state index is -3.75. The van der Waals surface area contributed by atoms with E-state index >= 15 is 0 Å². The van der Waals surface area contributed by atoms with Crippen LogP contribution in [-0.2, 0) is 24.3 Å². The van der Waals surface area contributed by atoms with Crippen LogP contribution in [0.1, 0.15) is 33.2 Å². The molecule has 200 valence electrons. The zero-order valence-corrected chi connectivity index (χ0v) is 22.2. The number of ether oxygens (including phenoxy) is 3. The number of carbonyl (C=O) groups is 3. The van der Waals surface area contributed by atoms with Gasteiger partial charge in [0.15, 0.2) is 6.61 Å². The molecule has 3 rings (SSSR count). The van der Waals surface area contributed by atoms with Crippen molar-refractivity contribution in [3.8, 4) is 5.75 Å². The summed E-state index contributed by atoms with van der Waals surface area (Å²) in [5, 5.41) is 2.56. The van der Waals surface area contributed by atoms with Crippen LogP contribution in [-0.4, -0.2) is 53.6 Å². The lowest BCUT2D eigenvalue weighted by Crippen LogP contribution is -2.30. The van der Waals surface area contributed by atoms with E-state index in [1.165, 1.54) is 36.7 Å². The lowest BCUT2D eigenvalue weighted by atomic mass is 10.1. The van der Waals surface area contributed by atoms with Crippen LogP contribution in [0.4, 0.5) is 11.4 Å². The van der Waals surface area contributed by atoms with Crippen molar-refractivity contribution in [3.05, 3.63) is 83.4 Å². The van der Waals surface area contributed by atoms with Crippen LogP contribution in [0, 0.1) is 6.92 Å². The molecule has 38 heavy (non-hydrogen) atoms. The molecule has 0 heterocycles. The molecule has 11 heteroatoms. The van der Waals surface area contributed by atoms with Crippen LogP contribution in [0.3, 0.4) is 0 Å². The van der Waals surface area contributed by atoms with Gasteiger partial charge in [-0.05, 0) is 68.4 Å². The molecule has 0 aromatic heterocycles. The number of hydrogen-bond donors (Lipinski definition) is 1. The fourth-order valence-electron chi connectivity index (χ4n) is 3.55. The number of nitrogens with one attached hydrogen (secondary N) is 1. The van der Waals surface area contributed by atoms with E-state index in [2.05, 4.69) is 14.8 Å². The molecule has 0 aliphatic rings. The maximum Gasteiger partial charge on any atom is 0.337 e. The van der Waals surface area contributed by atoms with E-state index in [1.54, 1.807) is 55.5 Å². The van der Waals surface area contributed by atoms with E-state index in [0.29, 0.717) is 11.4 Å². The summed E-state index contributed by atoms with van der Waals surface area (Å²) in [5.41, 5.74) is 1.70. The largest absolute Gasteiger partial charge is 0.484 e. The summed E-state index contributed by atoms with van der Waals surface area (Å²) in [6.07, 6.45) is 0. The van der Waals surface area contributed by atoms with Crippen LogP contribution in [0.15, 0.2) is 71.6 Å². The molecule has 0 spiro atoms. The average molecular weight is 541 g/mol. The summed E-state index contributed by atoms with van der Waals surface area (Å²) < 4.78 is 42.4. The molecule has 3 aromatic carbocycles. The van der Waals surface area contributed by atoms with Gasteiger partial charge in [-0.1, -0.05) is 17.7 Å². The number of benzene rings is 3. The standard InChI is InChI=1S/C27H28N2O8S/c1-5-29(38(33,34)24-12-6-18(2)7-13-24)22-8-10-23(11-9-22)37-17-25(30)28-21-15-19(26(31)35-3)14-20(16-21)27(32)36-4/h6-16H,5,17H2,1-4H3,(H,28,30). The van der Waals surface area contributed by atoms with Crippen LogP contribution >= 0.6 is 0 Å². The predicted octanol–water partition coefficient (Wildman–Crippen LogP) is 3.80. The molecule has 0 atom stereocenters. The lowest BCUT2D eigenvalue weighted by molar-refractivity contribution is -0.118. The number of rotatable bonds is 10. The van der Waals surface area contributed by atoms with Crippen molar-refractivity contribution in [1.29, 1.82) is 0 Å². The first-order valence-corrected chi connectivity index (χ1v) is 13.0. The summed E-state index contributed by atoms with van der Waals surface area (Å²) in [7, 11) is -1.36. The minimum absolute atomic E-state index is 0.0586. The predicted molar refractivity (Wildman–Crippen MR) is 141 cm³/mol. The normalized spacial score (nSPS) is 10.8. The molecule has 0 radical (unpaired) electrons. The molecule has 10 nitrogen and oxygen atoms in total. The van der Waals surface area contributed by atoms with Gasteiger partial charge in [0.2, 0.25) is 0 Å². The molecule has 0 saturated carbocycles. The molecule has 3 aromatic rings. The van der Waals surface area contributed by atoms with Gasteiger partial charge < -0.3 is 19.5 Å². The van der Waals surface area contributed by atoms with Gasteiger partial charge in [-0.2, -0.15) is 0 Å². The zero-order chi connectivity index (χ0) is 27.9. The van der Waals surface area contributed by atoms with Crippen molar-refractivity contribution in [1.82, 2.24) is 0 Å². The van der Waals surface area contributed by atoms with E-state index < -0.39 is 27.9 Å². The number of esters is 2. The first-order chi connectivity index (χ1) is 18.1. The van der Waals surface area contributed by atoms with Crippen molar-refractivity contribution in [3.63, 3.8) is 0 Å². The second kappa shape index (κ2) is 12.2. The maximum atomic E-state index is 13.1. The van der Waals surface area contributed by atoms with Crippen LogP contribution < -0.4 is 14.4 Å². The molecule has 0 aliphatic carbocycles. The summed E-state index contributed by atoms with van der Waals surface area (Å²) in [6.45, 7) is 3.46. The molecule has 0 saturated heterocycles. The van der Waals surface area contributed by atoms with Gasteiger partial charge in [-0.25, -0.2) is 18.0 Å². The van der Waals surface area contributed by atoms with E-state index in [0.717, 1.165) is 5.56 Å². The Morgan fingerprint density at radius 1 is 0.842 bits per heavy atom. The van der Waals surface area contributed by atoms with Gasteiger partial charge in [-0.3, -0.25) is 9.10 Å². The van der Waals surface area contributed by atoms with Gasteiger partial charge >= 0.3 is 11.9 Å². The number of sulfonamides is 1. The number of methoxy groups -OCH3 is 2. The minimum Gasteiger partial charge on any atom is -0.484 e. The van der Waals surface area contributed by atoms with Gasteiger partial charge in [0.1, 0.15) is 5.75 Å². The second-order valence-electron chi connectivity index (χ2n) is 8.10. The number of hydrogen-bond acceptors (Lipinski definition) is 8. The van der Waals surface area contributed by atoms with E-state index in [1.807, 2.05) is 6.92 Å². The van der Waals surface area contributed by atoms with Crippen LogP contribution in [0.2, 0.25) is 0 Å². The monoisotopic (exact) mass is 540 g/mol. The fraction of sp³-hybridized carbons (Fsp3) is 0.222. The summed E-state index contributed by atoms with van der Waals surface area (Å²) in [5.74, 6) is -1.59. The third-order valence-electron chi connectivity index (χ3n) is 5.45. The molecule has 1 N–H and O–H groups in total. The number of aryl methyl sites for hydroxylation is 1. The highest BCUT2D eigenvalue weighted by atomic mass is 32.2. The van der Waals surface area contributed by atoms with Gasteiger partial charge in [0.05, 0.1) is 35.9 Å². The third kappa shape index (κ3) is 6.68. The topological polar surface area (TPSA) is 128 Å². The van der Waals surface area contributed by atoms with Gasteiger partial charge in [0.25, 0.3) is 15.9 Å². The van der Waals surface area contributed by atoms with E-state index in [-0.39, 0.29) is 34.9 Å². The Bertz CT molecular complexity index is 1380. The SMILES string of the molecule is CCN(c1ccc(OCC(=O)Nc2cc(C(=O)OC)cc(C(=O)OC)c2)cc1)S(=O)(=O)c1ccc(C)cc1. The van der Waals surface area contributed by atoms with E-state index in [9.17, 15) is 22.8 Å². The summed E-state index contributed by atoms with van der Waals surface area (Å²) >= 11 is 0. The van der Waals surface area contributed by atoms with Crippen LogP contribution in [0.25, 0.3) is 0 Å². The molecular formula is C27H28N2O8S. The average Bonchev–Trinajstić information content (AvgIpc) is 2.92. The molecule has 0 bridgehead atoms. The first-order valence-electron chi connectivity index (χ1n) is 11.5. The fourth-order valence-corrected chi connectivity index (χ4v) is 5.03. The quantitative estimate of drug-likeness (QED) is 0.385. The molecular weight excluding hydrogens is 512 g/mol. The van der Waals surface area contributed by atoms with Gasteiger partial charge in [0, 0.05) is 12.2 Å². The smallest absolute Gasteiger partial charge is 0.337 e. The number of nitrogens with zero attached hydrogens (tertiary/aromatic N) is 1. The highest BCUT2D eigenvalue weighted by Gasteiger charge is 2.23. The second-order valence-corrected chi connectivity index (χ2v) is 9.96. The third-order valence-corrected chi connectivity index (χ3v) is 7.37. The van der Waals surface area contributed by atoms with Crippen molar-refractivity contribution >= 4 is 39.2 Å². The highest BCUT2D eigenvalue weighted by Crippen LogP contribution is 2.26. The van der Waals surface area contributed by atoms with E-state index in [4.69, 9.17) is 4.74 Å². The number of amides is 1. The van der Waals surface area contributed by atoms with Crippen molar-refractivity contribution in [2.45, 2.75) is 18.7 Å². The highest BCUT2D eigenvalue weighted by molar-refractivity contribution is 7.92. The Morgan fingerprint density at radius 2 is 1.39 bits per heavy atom. The Kier molecular flexibility index (Phi) is 9.08. The van der Waals surface area contributed by atoms with Crippen molar-refractivity contribution in [2.75, 3.05) is 37.0 Å². The number of anilines is 2. The first kappa shape index (κ1) is 28.2. The Hall–Kier alpha value is -4.38. The Labute approximate surface area is 221 Å². The molecule has 1 amide bonds. The number of carbonyl (C=O) groups excluding carboxylic acids is 3. The Morgan fingerprint density at radius 3 is 1.89 bits per heavy atom. The zero-order valence-electron chi connectivity index (χ0n) is 21.4. The van der Waals surface area contributed by atoms with Crippen molar-refractivity contribution in [2.24, 2.45) is 0 Å². The van der Waals surface area contributed by atoms with Crippen molar-refractivity contribution < 1.29 is 37.0 Å². The molecule has 0 unspecified atom stereocenters. The Balaban J connectivity index is 1.68. The van der Waals surface area contributed by atoms with Crippen LogP contribution in [0.5, 0.6) is 5.75 Å². The summed E-state index contributed by atoms with van der Waals surface area (Å²) in [4.78, 5) is 36.5. The lowest BCUT2D eigenvalue weighted by Gasteiger charge is -2.23. The summed E-state index contributed by atoms with van der Waals surface area (Å²) in [6, 6.07) is 16.9. The maximum absolute atomic E-state index is 13.1.